The Morgan fingerprint density at radius 1 is 1.16 bits per heavy atom. The highest BCUT2D eigenvalue weighted by atomic mass is 35.5. The number of carbonyl (C=O) groups excluding carboxylic acids is 1. The molecular formula is C13H9ClF2N2O. The van der Waals surface area contributed by atoms with E-state index in [1.165, 1.54) is 18.2 Å². The Morgan fingerprint density at radius 2 is 1.89 bits per heavy atom. The van der Waals surface area contributed by atoms with Crippen molar-refractivity contribution in [3.8, 4) is 0 Å². The van der Waals surface area contributed by atoms with Crippen LogP contribution in [0.2, 0.25) is 5.02 Å². The summed E-state index contributed by atoms with van der Waals surface area (Å²) in [5, 5.41) is 2.85. The van der Waals surface area contributed by atoms with Crippen molar-refractivity contribution in [2.45, 2.75) is 0 Å². The van der Waals surface area contributed by atoms with Crippen molar-refractivity contribution in [2.24, 2.45) is 0 Å². The number of anilines is 2. The second-order valence-corrected chi connectivity index (χ2v) is 4.25. The molecule has 0 unspecified atom stereocenters. The summed E-state index contributed by atoms with van der Waals surface area (Å²) in [6.07, 6.45) is 0. The summed E-state index contributed by atoms with van der Waals surface area (Å²) in [4.78, 5) is 11.8. The minimum Gasteiger partial charge on any atom is -0.397 e. The molecule has 0 aliphatic rings. The van der Waals surface area contributed by atoms with Crippen LogP contribution in [0.4, 0.5) is 20.2 Å². The first-order valence-electron chi connectivity index (χ1n) is 5.29. The molecule has 1 amide bonds. The lowest BCUT2D eigenvalue weighted by molar-refractivity contribution is 0.102. The lowest BCUT2D eigenvalue weighted by atomic mass is 10.2. The van der Waals surface area contributed by atoms with E-state index in [0.29, 0.717) is 16.8 Å². The average Bonchev–Trinajstić information content (AvgIpc) is 2.32. The molecule has 0 bridgehead atoms. The van der Waals surface area contributed by atoms with Gasteiger partial charge < -0.3 is 11.1 Å². The number of nitrogens with two attached hydrogens (primary N) is 1. The first kappa shape index (κ1) is 13.3. The monoisotopic (exact) mass is 282 g/mol. The zero-order valence-electron chi connectivity index (χ0n) is 9.58. The number of rotatable bonds is 2. The van der Waals surface area contributed by atoms with E-state index in [-0.39, 0.29) is 11.3 Å². The molecule has 0 atom stereocenters. The maximum Gasteiger partial charge on any atom is 0.258 e. The molecule has 98 valence electrons. The summed E-state index contributed by atoms with van der Waals surface area (Å²) in [5.41, 5.74) is 5.95. The van der Waals surface area contributed by atoms with E-state index in [1.807, 2.05) is 0 Å². The number of nitrogen functional groups attached to an aromatic ring is 1. The molecule has 6 heteroatoms. The van der Waals surface area contributed by atoms with Gasteiger partial charge in [0.1, 0.15) is 11.6 Å². The average molecular weight is 283 g/mol. The fourth-order valence-electron chi connectivity index (χ4n) is 1.51. The van der Waals surface area contributed by atoms with Gasteiger partial charge in [0.25, 0.3) is 5.91 Å². The highest BCUT2D eigenvalue weighted by Gasteiger charge is 2.13. The molecule has 0 aliphatic carbocycles. The summed E-state index contributed by atoms with van der Waals surface area (Å²) in [7, 11) is 0. The van der Waals surface area contributed by atoms with Crippen molar-refractivity contribution < 1.29 is 13.6 Å². The number of amides is 1. The van der Waals surface area contributed by atoms with Crippen molar-refractivity contribution in [1.29, 1.82) is 0 Å². The third-order valence-electron chi connectivity index (χ3n) is 2.44. The lowest BCUT2D eigenvalue weighted by Gasteiger charge is -2.09. The van der Waals surface area contributed by atoms with Crippen molar-refractivity contribution in [2.75, 3.05) is 11.1 Å². The molecule has 0 spiro atoms. The van der Waals surface area contributed by atoms with Gasteiger partial charge in [-0.05, 0) is 30.3 Å². The number of benzene rings is 2. The van der Waals surface area contributed by atoms with E-state index in [2.05, 4.69) is 5.32 Å². The third kappa shape index (κ3) is 3.00. The minimum absolute atomic E-state index is 0.253. The number of hydrogen-bond acceptors (Lipinski definition) is 2. The molecule has 0 saturated heterocycles. The van der Waals surface area contributed by atoms with E-state index in [0.717, 1.165) is 12.1 Å². The van der Waals surface area contributed by atoms with Gasteiger partial charge in [-0.15, -0.1) is 0 Å². The number of halogens is 3. The number of hydrogen-bond donors (Lipinski definition) is 2. The van der Waals surface area contributed by atoms with E-state index < -0.39 is 17.5 Å². The molecule has 0 fully saturated rings. The van der Waals surface area contributed by atoms with E-state index in [9.17, 15) is 13.6 Å². The van der Waals surface area contributed by atoms with Crippen LogP contribution in [0.15, 0.2) is 36.4 Å². The predicted octanol–water partition coefficient (Wildman–Crippen LogP) is 3.45. The molecule has 19 heavy (non-hydrogen) atoms. The van der Waals surface area contributed by atoms with Crippen LogP contribution in [0.5, 0.6) is 0 Å². The molecule has 2 aromatic carbocycles. The Hall–Kier alpha value is -2.14. The van der Waals surface area contributed by atoms with Crippen LogP contribution in [0.3, 0.4) is 0 Å². The summed E-state index contributed by atoms with van der Waals surface area (Å²) in [6.45, 7) is 0. The molecule has 0 aliphatic heterocycles. The van der Waals surface area contributed by atoms with E-state index in [4.69, 9.17) is 17.3 Å². The predicted molar refractivity (Wildman–Crippen MR) is 70.2 cm³/mol. The van der Waals surface area contributed by atoms with Gasteiger partial charge in [0.15, 0.2) is 0 Å². The second-order valence-electron chi connectivity index (χ2n) is 3.81. The summed E-state index contributed by atoms with van der Waals surface area (Å²) in [6, 6.07) is 7.19. The van der Waals surface area contributed by atoms with Crippen LogP contribution >= 0.6 is 11.6 Å². The summed E-state index contributed by atoms with van der Waals surface area (Å²) >= 11 is 5.72. The fraction of sp³-hybridized carbons (Fsp3) is 0. The molecule has 2 rings (SSSR count). The largest absolute Gasteiger partial charge is 0.397 e. The molecular weight excluding hydrogens is 274 g/mol. The number of nitrogens with one attached hydrogen (secondary N) is 1. The second kappa shape index (κ2) is 5.24. The molecule has 0 aromatic heterocycles. The van der Waals surface area contributed by atoms with Crippen molar-refractivity contribution in [1.82, 2.24) is 0 Å². The zero-order valence-corrected chi connectivity index (χ0v) is 10.3. The lowest BCUT2D eigenvalue weighted by Crippen LogP contribution is -2.15. The van der Waals surface area contributed by atoms with Crippen molar-refractivity contribution in [3.63, 3.8) is 0 Å². The van der Waals surface area contributed by atoms with Crippen LogP contribution < -0.4 is 11.1 Å². The van der Waals surface area contributed by atoms with Gasteiger partial charge >= 0.3 is 0 Å². The molecule has 0 saturated carbocycles. The van der Waals surface area contributed by atoms with Gasteiger partial charge in [-0.1, -0.05) is 11.6 Å². The first-order valence-corrected chi connectivity index (χ1v) is 5.66. The van der Waals surface area contributed by atoms with Gasteiger partial charge in [0.2, 0.25) is 0 Å². The molecule has 0 heterocycles. The zero-order chi connectivity index (χ0) is 14.0. The highest BCUT2D eigenvalue weighted by molar-refractivity contribution is 6.31. The van der Waals surface area contributed by atoms with Gasteiger partial charge in [-0.3, -0.25) is 4.79 Å². The highest BCUT2D eigenvalue weighted by Crippen LogP contribution is 2.23. The summed E-state index contributed by atoms with van der Waals surface area (Å²) in [5.74, 6) is -2.41. The Bertz CT molecular complexity index is 647. The first-order chi connectivity index (χ1) is 8.97. The Morgan fingerprint density at radius 3 is 2.53 bits per heavy atom. The Balaban J connectivity index is 2.25. The van der Waals surface area contributed by atoms with Crippen LogP contribution in [0, 0.1) is 11.6 Å². The topological polar surface area (TPSA) is 55.1 Å². The number of carbonyl (C=O) groups is 1. The van der Waals surface area contributed by atoms with Gasteiger partial charge in [-0.2, -0.15) is 0 Å². The molecule has 3 nitrogen and oxygen atoms in total. The minimum atomic E-state index is -0.940. The summed E-state index contributed by atoms with van der Waals surface area (Å²) < 4.78 is 26.2. The van der Waals surface area contributed by atoms with Gasteiger partial charge in [0, 0.05) is 11.1 Å². The third-order valence-corrected chi connectivity index (χ3v) is 2.67. The fourth-order valence-corrected chi connectivity index (χ4v) is 1.69. The SMILES string of the molecule is Nc1cc(Cl)ccc1NC(=O)c1ccc(F)cc1F. The van der Waals surface area contributed by atoms with Crippen molar-refractivity contribution >= 4 is 28.9 Å². The Kier molecular flexibility index (Phi) is 3.66. The van der Waals surface area contributed by atoms with Crippen molar-refractivity contribution in [3.05, 3.63) is 58.6 Å². The van der Waals surface area contributed by atoms with Crippen LogP contribution in [-0.4, -0.2) is 5.91 Å². The van der Waals surface area contributed by atoms with Gasteiger partial charge in [0.05, 0.1) is 16.9 Å². The van der Waals surface area contributed by atoms with Crippen LogP contribution in [0.1, 0.15) is 10.4 Å². The van der Waals surface area contributed by atoms with Crippen LogP contribution in [0.25, 0.3) is 0 Å². The smallest absolute Gasteiger partial charge is 0.258 e. The molecule has 0 radical (unpaired) electrons. The maximum absolute atomic E-state index is 13.4. The standard InChI is InChI=1S/C13H9ClF2N2O/c14-7-1-4-12(11(17)5-7)18-13(19)9-3-2-8(15)6-10(9)16/h1-6H,17H2,(H,18,19). The quantitative estimate of drug-likeness (QED) is 0.829. The van der Waals surface area contributed by atoms with Gasteiger partial charge in [-0.25, -0.2) is 8.78 Å². The molecule has 2 aromatic rings. The Labute approximate surface area is 113 Å². The van der Waals surface area contributed by atoms with E-state index in [1.54, 1.807) is 0 Å². The normalized spacial score (nSPS) is 10.3. The maximum atomic E-state index is 13.4. The van der Waals surface area contributed by atoms with Crippen LogP contribution in [-0.2, 0) is 0 Å². The van der Waals surface area contributed by atoms with E-state index >= 15 is 0 Å². The molecule has 3 N–H and O–H groups in total.